The first-order valence-corrected chi connectivity index (χ1v) is 15.8. The van der Waals surface area contributed by atoms with Crippen molar-refractivity contribution in [2.24, 2.45) is 0 Å². The van der Waals surface area contributed by atoms with Crippen molar-refractivity contribution in [3.05, 3.63) is 170 Å². The number of fused-ring (bicyclic) bond motifs is 5. The molecule has 0 unspecified atom stereocenters. The molecule has 9 aromatic rings. The predicted molar refractivity (Wildman–Crippen MR) is 193 cm³/mol. The van der Waals surface area contributed by atoms with Gasteiger partial charge in [-0.2, -0.15) is 0 Å². The third-order valence-corrected chi connectivity index (χ3v) is 8.79. The van der Waals surface area contributed by atoms with Gasteiger partial charge in [0.1, 0.15) is 0 Å². The molecular weight excluding hydrogens is 573 g/mol. The van der Waals surface area contributed by atoms with Crippen molar-refractivity contribution >= 4 is 27.5 Å². The molecule has 4 nitrogen and oxygen atoms in total. The molecule has 0 bridgehead atoms. The lowest BCUT2D eigenvalue weighted by atomic mass is 10.0. The summed E-state index contributed by atoms with van der Waals surface area (Å²) in [6.07, 6.45) is 0. The summed E-state index contributed by atoms with van der Waals surface area (Å²) in [6, 6.07) is 59.0. The Kier molecular flexibility index (Phi) is 6.43. The van der Waals surface area contributed by atoms with Crippen molar-refractivity contribution in [1.82, 2.24) is 19.4 Å². The number of rotatable bonds is 5. The summed E-state index contributed by atoms with van der Waals surface area (Å²) in [5.41, 5.74) is 13.4. The summed E-state index contributed by atoms with van der Waals surface area (Å²) in [6.45, 7) is 0. The second-order valence-corrected chi connectivity index (χ2v) is 11.7. The third kappa shape index (κ3) is 4.84. The first-order chi connectivity index (χ1) is 23.3. The molecule has 4 heteroatoms. The van der Waals surface area contributed by atoms with E-state index in [2.05, 4.69) is 144 Å². The van der Waals surface area contributed by atoms with Gasteiger partial charge in [0.05, 0.1) is 39.1 Å². The van der Waals surface area contributed by atoms with Crippen molar-refractivity contribution in [3.8, 4) is 56.3 Å². The smallest absolute Gasteiger partial charge is 0.160 e. The molecule has 0 N–H and O–H groups in total. The molecule has 3 heterocycles. The van der Waals surface area contributed by atoms with Crippen molar-refractivity contribution in [2.45, 2.75) is 0 Å². The van der Waals surface area contributed by atoms with Gasteiger partial charge in [0.2, 0.25) is 0 Å². The van der Waals surface area contributed by atoms with E-state index < -0.39 is 0 Å². The SMILES string of the molecule is c1ccc(-c2ccc(-c3cc(-c4cccc(-c5nc6ccccc6n6c5cc5ccccc56)c4)nc(-c4ccccc4)n3)cc2)cc1. The highest BCUT2D eigenvalue weighted by molar-refractivity contribution is 5.98. The highest BCUT2D eigenvalue weighted by Gasteiger charge is 2.16. The van der Waals surface area contributed by atoms with Crippen LogP contribution in [0, 0.1) is 0 Å². The first kappa shape index (κ1) is 27.0. The van der Waals surface area contributed by atoms with Gasteiger partial charge in [-0.1, -0.05) is 133 Å². The Balaban J connectivity index is 1.20. The maximum Gasteiger partial charge on any atom is 0.160 e. The number of aromatic nitrogens is 4. The standard InChI is InChI=1S/C43H28N4/c1-3-12-29(13-4-1)30-22-24-31(25-23-30)37-28-38(46-43(45-37)32-14-5-2-6-15-32)33-17-11-18-35(26-33)42-41-27-34-16-7-9-20-39(34)47(41)40-21-10-8-19-36(40)44-42/h1-28H. The topological polar surface area (TPSA) is 43.1 Å². The molecule has 3 aromatic heterocycles. The molecule has 0 atom stereocenters. The summed E-state index contributed by atoms with van der Waals surface area (Å²) < 4.78 is 2.33. The molecule has 47 heavy (non-hydrogen) atoms. The van der Waals surface area contributed by atoms with Crippen molar-refractivity contribution in [3.63, 3.8) is 0 Å². The van der Waals surface area contributed by atoms with E-state index in [9.17, 15) is 0 Å². The van der Waals surface area contributed by atoms with Crippen molar-refractivity contribution in [2.75, 3.05) is 0 Å². The quantitative estimate of drug-likeness (QED) is 0.197. The summed E-state index contributed by atoms with van der Waals surface area (Å²) in [4.78, 5) is 15.4. The first-order valence-electron chi connectivity index (χ1n) is 15.8. The number of nitrogens with zero attached hydrogens (tertiary/aromatic N) is 4. The lowest BCUT2D eigenvalue weighted by molar-refractivity contribution is 1.18. The van der Waals surface area contributed by atoms with Crippen LogP contribution in [0.3, 0.4) is 0 Å². The van der Waals surface area contributed by atoms with E-state index in [0.29, 0.717) is 5.82 Å². The van der Waals surface area contributed by atoms with Crippen LogP contribution in [0.2, 0.25) is 0 Å². The highest BCUT2D eigenvalue weighted by atomic mass is 14.9. The van der Waals surface area contributed by atoms with Crippen molar-refractivity contribution < 1.29 is 0 Å². The molecule has 6 aromatic carbocycles. The maximum atomic E-state index is 5.21. The molecule has 0 spiro atoms. The van der Waals surface area contributed by atoms with Gasteiger partial charge in [-0.15, -0.1) is 0 Å². The number of hydrogen-bond donors (Lipinski definition) is 0. The Morgan fingerprint density at radius 1 is 0.340 bits per heavy atom. The Bertz CT molecular complexity index is 2550. The summed E-state index contributed by atoms with van der Waals surface area (Å²) in [5, 5.41) is 1.19. The lowest BCUT2D eigenvalue weighted by Gasteiger charge is -2.12. The zero-order chi connectivity index (χ0) is 31.2. The van der Waals surface area contributed by atoms with E-state index in [-0.39, 0.29) is 0 Å². The minimum atomic E-state index is 0.694. The van der Waals surface area contributed by atoms with E-state index in [1.54, 1.807) is 0 Å². The fraction of sp³-hybridized carbons (Fsp3) is 0. The van der Waals surface area contributed by atoms with Gasteiger partial charge in [0, 0.05) is 27.6 Å². The van der Waals surface area contributed by atoms with Crippen LogP contribution in [0.25, 0.3) is 83.7 Å². The minimum Gasteiger partial charge on any atom is -0.306 e. The van der Waals surface area contributed by atoms with Gasteiger partial charge in [-0.05, 0) is 47.5 Å². The average Bonchev–Trinajstić information content (AvgIpc) is 3.55. The van der Waals surface area contributed by atoms with Crippen LogP contribution in [-0.4, -0.2) is 19.4 Å². The monoisotopic (exact) mass is 600 g/mol. The maximum absolute atomic E-state index is 5.21. The molecule has 0 saturated carbocycles. The summed E-state index contributed by atoms with van der Waals surface area (Å²) >= 11 is 0. The summed E-state index contributed by atoms with van der Waals surface area (Å²) in [5.74, 6) is 0.694. The van der Waals surface area contributed by atoms with E-state index in [4.69, 9.17) is 15.0 Å². The number of para-hydroxylation sites is 3. The van der Waals surface area contributed by atoms with Gasteiger partial charge in [0.25, 0.3) is 0 Å². The Labute approximate surface area is 272 Å². The van der Waals surface area contributed by atoms with Crippen LogP contribution >= 0.6 is 0 Å². The molecule has 0 saturated heterocycles. The van der Waals surface area contributed by atoms with Crippen LogP contribution < -0.4 is 0 Å². The van der Waals surface area contributed by atoms with E-state index >= 15 is 0 Å². The zero-order valence-corrected chi connectivity index (χ0v) is 25.5. The van der Waals surface area contributed by atoms with Crippen LogP contribution in [0.4, 0.5) is 0 Å². The number of benzene rings is 6. The average molecular weight is 601 g/mol. The van der Waals surface area contributed by atoms with Gasteiger partial charge < -0.3 is 4.40 Å². The summed E-state index contributed by atoms with van der Waals surface area (Å²) in [7, 11) is 0. The fourth-order valence-corrected chi connectivity index (χ4v) is 6.48. The lowest BCUT2D eigenvalue weighted by Crippen LogP contribution is -1.97. The van der Waals surface area contributed by atoms with Gasteiger partial charge >= 0.3 is 0 Å². The minimum absolute atomic E-state index is 0.694. The molecule has 9 rings (SSSR count). The second-order valence-electron chi connectivity index (χ2n) is 11.7. The van der Waals surface area contributed by atoms with Crippen LogP contribution in [0.15, 0.2) is 170 Å². The Morgan fingerprint density at radius 2 is 0.915 bits per heavy atom. The molecule has 0 amide bonds. The predicted octanol–water partition coefficient (Wildman–Crippen LogP) is 10.8. The van der Waals surface area contributed by atoms with Crippen LogP contribution in [0.5, 0.6) is 0 Å². The fourth-order valence-electron chi connectivity index (χ4n) is 6.48. The highest BCUT2D eigenvalue weighted by Crippen LogP contribution is 2.35. The molecular formula is C43H28N4. The van der Waals surface area contributed by atoms with Gasteiger partial charge in [0.15, 0.2) is 5.82 Å². The largest absolute Gasteiger partial charge is 0.306 e. The van der Waals surface area contributed by atoms with Gasteiger partial charge in [-0.3, -0.25) is 0 Å². The molecule has 220 valence electrons. The van der Waals surface area contributed by atoms with Gasteiger partial charge in [-0.25, -0.2) is 15.0 Å². The van der Waals surface area contributed by atoms with E-state index in [1.807, 2.05) is 30.3 Å². The molecule has 0 aliphatic carbocycles. The van der Waals surface area contributed by atoms with Crippen molar-refractivity contribution in [1.29, 1.82) is 0 Å². The Morgan fingerprint density at radius 3 is 1.70 bits per heavy atom. The molecule has 0 radical (unpaired) electrons. The number of hydrogen-bond acceptors (Lipinski definition) is 3. The van der Waals surface area contributed by atoms with E-state index in [1.165, 1.54) is 22.0 Å². The normalized spacial score (nSPS) is 11.4. The second kappa shape index (κ2) is 11.2. The van der Waals surface area contributed by atoms with E-state index in [0.717, 1.165) is 55.9 Å². The molecule has 0 aliphatic heterocycles. The third-order valence-electron chi connectivity index (χ3n) is 8.79. The Hall–Kier alpha value is -6.39. The van der Waals surface area contributed by atoms with Crippen LogP contribution in [0.1, 0.15) is 0 Å². The molecule has 0 fully saturated rings. The van der Waals surface area contributed by atoms with Crippen LogP contribution in [-0.2, 0) is 0 Å². The molecule has 0 aliphatic rings. The zero-order valence-electron chi connectivity index (χ0n) is 25.5.